The molecule has 27 heavy (non-hydrogen) atoms. The van der Waals surface area contributed by atoms with Crippen LogP contribution in [0.2, 0.25) is 0 Å². The first kappa shape index (κ1) is 20.0. The van der Waals surface area contributed by atoms with E-state index in [0.29, 0.717) is 0 Å². The van der Waals surface area contributed by atoms with Gasteiger partial charge in [-0.25, -0.2) is 13.6 Å². The number of carbonyl (C=O) groups is 2. The number of anilines is 1. The van der Waals surface area contributed by atoms with Crippen LogP contribution < -0.4 is 9.64 Å². The SMILES string of the molecule is CC(=O)c1ccc(C)c([N+](=O)[O-])c1OC(=O)c1cc(F)c(N(C)C)c(F)c1. The van der Waals surface area contributed by atoms with Gasteiger partial charge in [-0.15, -0.1) is 0 Å². The molecule has 2 aromatic carbocycles. The zero-order valence-corrected chi connectivity index (χ0v) is 15.0. The number of halogens is 2. The third-order valence-electron chi connectivity index (χ3n) is 3.79. The van der Waals surface area contributed by atoms with Crippen LogP contribution in [0.1, 0.15) is 33.2 Å². The number of nitro benzene ring substituents is 1. The lowest BCUT2D eigenvalue weighted by molar-refractivity contribution is -0.386. The van der Waals surface area contributed by atoms with Crippen molar-refractivity contribution in [2.45, 2.75) is 13.8 Å². The van der Waals surface area contributed by atoms with E-state index < -0.39 is 45.3 Å². The zero-order chi connectivity index (χ0) is 20.5. The summed E-state index contributed by atoms with van der Waals surface area (Å²) in [5.74, 6) is -4.36. The van der Waals surface area contributed by atoms with E-state index >= 15 is 0 Å². The van der Waals surface area contributed by atoms with Crippen LogP contribution >= 0.6 is 0 Å². The molecule has 0 atom stereocenters. The van der Waals surface area contributed by atoms with Gasteiger partial charge in [-0.2, -0.15) is 0 Å². The molecule has 0 unspecified atom stereocenters. The van der Waals surface area contributed by atoms with Crippen molar-refractivity contribution in [3.05, 3.63) is 62.7 Å². The molecule has 0 bridgehead atoms. The van der Waals surface area contributed by atoms with Gasteiger partial charge in [0.05, 0.1) is 16.1 Å². The normalized spacial score (nSPS) is 10.4. The van der Waals surface area contributed by atoms with E-state index in [0.717, 1.165) is 19.1 Å². The molecule has 0 aliphatic rings. The van der Waals surface area contributed by atoms with E-state index in [2.05, 4.69) is 0 Å². The summed E-state index contributed by atoms with van der Waals surface area (Å²) in [5, 5.41) is 11.3. The third kappa shape index (κ3) is 3.91. The second-order valence-electron chi connectivity index (χ2n) is 5.99. The number of rotatable bonds is 5. The molecule has 0 fully saturated rings. The molecule has 142 valence electrons. The van der Waals surface area contributed by atoms with Gasteiger partial charge in [-0.3, -0.25) is 14.9 Å². The molecule has 0 aliphatic heterocycles. The number of ether oxygens (including phenoxy) is 1. The predicted octanol–water partition coefficient (Wildman–Crippen LogP) is 3.67. The summed E-state index contributed by atoms with van der Waals surface area (Å²) in [6.45, 7) is 2.56. The molecular weight excluding hydrogens is 362 g/mol. The summed E-state index contributed by atoms with van der Waals surface area (Å²) in [4.78, 5) is 35.9. The summed E-state index contributed by atoms with van der Waals surface area (Å²) >= 11 is 0. The number of nitro groups is 1. The number of carbonyl (C=O) groups excluding carboxylic acids is 2. The highest BCUT2D eigenvalue weighted by atomic mass is 19.1. The Bertz CT molecular complexity index is 934. The first-order valence-corrected chi connectivity index (χ1v) is 7.72. The van der Waals surface area contributed by atoms with Gasteiger partial charge in [-0.1, -0.05) is 6.07 Å². The van der Waals surface area contributed by atoms with Gasteiger partial charge < -0.3 is 9.64 Å². The first-order chi connectivity index (χ1) is 12.5. The van der Waals surface area contributed by atoms with Crippen molar-refractivity contribution in [1.29, 1.82) is 0 Å². The van der Waals surface area contributed by atoms with Gasteiger partial charge in [0.25, 0.3) is 0 Å². The number of hydrogen-bond acceptors (Lipinski definition) is 6. The number of nitrogens with zero attached hydrogens (tertiary/aromatic N) is 2. The second kappa shape index (κ2) is 7.48. The zero-order valence-electron chi connectivity index (χ0n) is 15.0. The van der Waals surface area contributed by atoms with Gasteiger partial charge in [0.15, 0.2) is 5.78 Å². The minimum atomic E-state index is -1.23. The van der Waals surface area contributed by atoms with Crippen molar-refractivity contribution in [3.63, 3.8) is 0 Å². The van der Waals surface area contributed by atoms with Crippen molar-refractivity contribution in [2.24, 2.45) is 0 Å². The lowest BCUT2D eigenvalue weighted by Crippen LogP contribution is -2.17. The minimum Gasteiger partial charge on any atom is -0.415 e. The minimum absolute atomic E-state index is 0.160. The monoisotopic (exact) mass is 378 g/mol. The number of esters is 1. The molecule has 0 aromatic heterocycles. The van der Waals surface area contributed by atoms with E-state index in [1.807, 2.05) is 0 Å². The molecule has 2 aromatic rings. The molecule has 7 nitrogen and oxygen atoms in total. The lowest BCUT2D eigenvalue weighted by Gasteiger charge is -2.15. The fourth-order valence-electron chi connectivity index (χ4n) is 2.54. The van der Waals surface area contributed by atoms with Crippen LogP contribution in [0.3, 0.4) is 0 Å². The average molecular weight is 378 g/mol. The Labute approximate surface area is 153 Å². The van der Waals surface area contributed by atoms with Crippen LogP contribution in [0.15, 0.2) is 24.3 Å². The van der Waals surface area contributed by atoms with Gasteiger partial charge in [0, 0.05) is 19.7 Å². The van der Waals surface area contributed by atoms with Crippen molar-refractivity contribution >= 4 is 23.1 Å². The van der Waals surface area contributed by atoms with E-state index in [9.17, 15) is 28.5 Å². The number of hydrogen-bond donors (Lipinski definition) is 0. The van der Waals surface area contributed by atoms with Crippen molar-refractivity contribution < 1.29 is 28.0 Å². The highest BCUT2D eigenvalue weighted by Crippen LogP contribution is 2.35. The van der Waals surface area contributed by atoms with Crippen molar-refractivity contribution in [2.75, 3.05) is 19.0 Å². The highest BCUT2D eigenvalue weighted by Gasteiger charge is 2.28. The van der Waals surface area contributed by atoms with Gasteiger partial charge in [-0.05, 0) is 32.0 Å². The Balaban J connectivity index is 2.55. The molecule has 0 amide bonds. The van der Waals surface area contributed by atoms with Gasteiger partial charge in [0.1, 0.15) is 17.3 Å². The standard InChI is InChI=1S/C18H16F2N2O5/c1-9-5-6-12(10(2)23)17(15(9)22(25)26)27-18(24)11-7-13(19)16(21(3)4)14(20)8-11/h5-8H,1-4H3. The maximum absolute atomic E-state index is 14.1. The molecule has 0 spiro atoms. The molecule has 9 heteroatoms. The quantitative estimate of drug-likeness (QED) is 0.259. The molecule has 0 radical (unpaired) electrons. The smallest absolute Gasteiger partial charge is 0.344 e. The van der Waals surface area contributed by atoms with Crippen molar-refractivity contribution in [3.8, 4) is 5.75 Å². The Kier molecular flexibility index (Phi) is 5.53. The van der Waals surface area contributed by atoms with E-state index in [1.165, 1.54) is 38.1 Å². The summed E-state index contributed by atoms with van der Waals surface area (Å²) in [7, 11) is 2.85. The molecule has 2 rings (SSSR count). The fourth-order valence-corrected chi connectivity index (χ4v) is 2.54. The predicted molar refractivity (Wildman–Crippen MR) is 93.5 cm³/mol. The fraction of sp³-hybridized carbons (Fsp3) is 0.222. The maximum atomic E-state index is 14.1. The number of aryl methyl sites for hydroxylation is 1. The molecule has 0 aliphatic carbocycles. The Morgan fingerprint density at radius 1 is 1.15 bits per heavy atom. The number of benzene rings is 2. The summed E-state index contributed by atoms with van der Waals surface area (Å²) in [6.07, 6.45) is 0. The maximum Gasteiger partial charge on any atom is 0.344 e. The molecule has 0 heterocycles. The molecule has 0 saturated heterocycles. The van der Waals surface area contributed by atoms with Crippen LogP contribution in [0.5, 0.6) is 5.75 Å². The molecular formula is C18H16F2N2O5. The van der Waals surface area contributed by atoms with Crippen LogP contribution in [0.25, 0.3) is 0 Å². The van der Waals surface area contributed by atoms with Crippen LogP contribution in [-0.2, 0) is 0 Å². The van der Waals surface area contributed by atoms with Crippen LogP contribution in [0, 0.1) is 28.7 Å². The van der Waals surface area contributed by atoms with Crippen molar-refractivity contribution in [1.82, 2.24) is 0 Å². The third-order valence-corrected chi connectivity index (χ3v) is 3.79. The Hall–Kier alpha value is -3.36. The van der Waals surface area contributed by atoms with Crippen LogP contribution in [-0.4, -0.2) is 30.8 Å². The Morgan fingerprint density at radius 3 is 2.15 bits per heavy atom. The lowest BCUT2D eigenvalue weighted by atomic mass is 10.1. The van der Waals surface area contributed by atoms with Crippen LogP contribution in [0.4, 0.5) is 20.2 Å². The highest BCUT2D eigenvalue weighted by molar-refractivity contribution is 6.00. The molecule has 0 saturated carbocycles. The Morgan fingerprint density at radius 2 is 1.70 bits per heavy atom. The molecule has 0 N–H and O–H groups in total. The first-order valence-electron chi connectivity index (χ1n) is 7.72. The number of ketones is 1. The van der Waals surface area contributed by atoms with Gasteiger partial charge in [0.2, 0.25) is 5.75 Å². The topological polar surface area (TPSA) is 89.7 Å². The average Bonchev–Trinajstić information content (AvgIpc) is 2.52. The van der Waals surface area contributed by atoms with E-state index in [1.54, 1.807) is 0 Å². The summed E-state index contributed by atoms with van der Waals surface area (Å²) < 4.78 is 33.2. The largest absolute Gasteiger partial charge is 0.415 e. The summed E-state index contributed by atoms with van der Waals surface area (Å²) in [5.41, 5.74) is -1.43. The second-order valence-corrected chi connectivity index (χ2v) is 5.99. The van der Waals surface area contributed by atoms with E-state index in [-0.39, 0.29) is 16.8 Å². The summed E-state index contributed by atoms with van der Waals surface area (Å²) in [6, 6.07) is 4.15. The van der Waals surface area contributed by atoms with Gasteiger partial charge >= 0.3 is 11.7 Å². The van der Waals surface area contributed by atoms with E-state index in [4.69, 9.17) is 4.74 Å². The number of Topliss-reactive ketones (excluding diaryl/α,β-unsaturated/α-hetero) is 1.